The van der Waals surface area contributed by atoms with Crippen LogP contribution in [0.4, 0.5) is 39.7 Å². The largest absolute Gasteiger partial charge is 0.465 e. The predicted molar refractivity (Wildman–Crippen MR) is 397 cm³/mol. The van der Waals surface area contributed by atoms with Gasteiger partial charge in [0.1, 0.15) is 29.4 Å². The number of pyridine rings is 1. The van der Waals surface area contributed by atoms with Crippen molar-refractivity contribution in [2.24, 2.45) is 0 Å². The van der Waals surface area contributed by atoms with Crippen LogP contribution in [0.15, 0.2) is 99.6 Å². The Morgan fingerprint density at radius 3 is 1.44 bits per heavy atom. The van der Waals surface area contributed by atoms with Gasteiger partial charge in [-0.05, 0) is 138 Å². The average molecular weight is 1590 g/mol. The number of hydrogen-bond acceptors (Lipinski definition) is 21. The molecule has 0 spiro atoms. The number of anilines is 3. The molecule has 15 rings (SSSR count). The number of fused-ring (bicyclic) bond motifs is 3. The van der Waals surface area contributed by atoms with Gasteiger partial charge in [-0.15, -0.1) is 0 Å². The number of hydrogen-bond donors (Lipinski definition) is 4. The maximum absolute atomic E-state index is 15.5. The van der Waals surface area contributed by atoms with Crippen molar-refractivity contribution in [2.75, 3.05) is 93.7 Å². The minimum Gasteiger partial charge on any atom is -0.465 e. The molecule has 9 amide bonds. The predicted octanol–water partition coefficient (Wildman–Crippen LogP) is 6.45. The molecule has 594 valence electrons. The van der Waals surface area contributed by atoms with E-state index in [-0.39, 0.29) is 119 Å². The first-order chi connectivity index (χ1) is 53.3. The molecule has 112 heavy (non-hydrogen) atoms. The number of rotatable bonds is 17. The highest BCUT2D eigenvalue weighted by molar-refractivity contribution is 7.89. The highest BCUT2D eigenvalue weighted by Gasteiger charge is 2.48. The fourth-order valence-electron chi connectivity index (χ4n) is 16.8. The molecule has 0 bridgehead atoms. The van der Waals surface area contributed by atoms with Crippen molar-refractivity contribution in [3.8, 4) is 0 Å². The number of nitrogens with one attached hydrogen (secondary N) is 3. The van der Waals surface area contributed by atoms with Crippen molar-refractivity contribution in [3.05, 3.63) is 146 Å². The smallest absolute Gasteiger partial charge is 0.407 e. The molecule has 2 atom stereocenters. The van der Waals surface area contributed by atoms with Crippen LogP contribution in [-0.2, 0) is 52.3 Å². The number of amides is 9. The molecule has 30 nitrogen and oxygen atoms in total. The minimum atomic E-state index is -3.85. The van der Waals surface area contributed by atoms with E-state index in [1.165, 1.54) is 36.4 Å². The number of sulfonamides is 2. The van der Waals surface area contributed by atoms with Crippen molar-refractivity contribution in [2.45, 2.75) is 163 Å². The molecule has 9 aliphatic rings. The van der Waals surface area contributed by atoms with Gasteiger partial charge in [-0.3, -0.25) is 78.0 Å². The molecule has 1 aliphatic carbocycles. The second-order valence-corrected chi connectivity index (χ2v) is 34.6. The number of piperazine rings is 2. The molecule has 4 N–H and O–H groups in total. The highest BCUT2D eigenvalue weighted by atomic mass is 32.2. The van der Waals surface area contributed by atoms with E-state index in [1.807, 2.05) is 32.9 Å². The van der Waals surface area contributed by atoms with Crippen molar-refractivity contribution >= 4 is 102 Å². The third kappa shape index (κ3) is 15.6. The number of aromatic nitrogens is 3. The summed E-state index contributed by atoms with van der Waals surface area (Å²) >= 11 is 0. The molecule has 10 heterocycles. The molecule has 2 unspecified atom stereocenters. The molecule has 1 saturated carbocycles. The molecule has 0 radical (unpaired) electrons. The van der Waals surface area contributed by atoms with E-state index in [9.17, 15) is 78.7 Å². The molecule has 7 fully saturated rings. The molecule has 6 aromatic rings. The number of alkyl halides is 2. The zero-order valence-electron chi connectivity index (χ0n) is 61.8. The summed E-state index contributed by atoms with van der Waals surface area (Å²) in [5.41, 5.74) is 0.0462. The molecule has 2 aromatic heterocycles. The van der Waals surface area contributed by atoms with Gasteiger partial charge in [0.15, 0.2) is 0 Å². The number of halogens is 4. The van der Waals surface area contributed by atoms with Crippen LogP contribution >= 0.6 is 0 Å². The van der Waals surface area contributed by atoms with Crippen molar-refractivity contribution in [1.82, 2.24) is 58.3 Å². The number of carbonyl (C=O) groups excluding carboxylic acids is 8. The quantitative estimate of drug-likeness (QED) is 0.0562. The summed E-state index contributed by atoms with van der Waals surface area (Å²) < 4.78 is 118. The molecule has 36 heteroatoms. The van der Waals surface area contributed by atoms with Crippen LogP contribution in [-0.4, -0.2) is 231 Å². The Labute approximate surface area is 642 Å². The number of carbonyl (C=O) groups is 9. The molecular formula is C76H85F4N15O15S2. The topological polar surface area (TPSA) is 355 Å². The SMILES string of the molecule is CC(C)(C)N(C(=O)O)C1CCN(S(=O)(=O)c2cccc(CN3CCN(c4cc5c(cc4F)C(=O)N(C4CCC(=O)NC4=O)C5=O)CC3)c2)CC1.O=C1CCC(N2C(=O)c3cc(F)c(N4CCN(Cc5cccc(S(=O)(=O)N6CCC(Nc7ncc8cc(C(F)F)c(=O)n(C9CCCC9)c8n7)CC6)c5)CC4)cc3C2=O)C(=O)N1. The van der Waals surface area contributed by atoms with E-state index in [1.54, 1.807) is 46.2 Å². The maximum atomic E-state index is 15.5. The van der Waals surface area contributed by atoms with Crippen LogP contribution in [0.25, 0.3) is 11.0 Å². The van der Waals surface area contributed by atoms with Gasteiger partial charge in [0.25, 0.3) is 35.6 Å². The summed E-state index contributed by atoms with van der Waals surface area (Å²) in [4.78, 5) is 146. The Bertz CT molecular complexity index is 5130. The van der Waals surface area contributed by atoms with Crippen LogP contribution in [0, 0.1) is 11.6 Å². The van der Waals surface area contributed by atoms with Gasteiger partial charge in [0, 0.05) is 140 Å². The lowest BCUT2D eigenvalue weighted by Gasteiger charge is -2.43. The second-order valence-electron chi connectivity index (χ2n) is 30.7. The number of piperidine rings is 4. The summed E-state index contributed by atoms with van der Waals surface area (Å²) in [5.74, 6) is -6.52. The van der Waals surface area contributed by atoms with Gasteiger partial charge in [0.2, 0.25) is 49.6 Å². The van der Waals surface area contributed by atoms with Crippen molar-refractivity contribution < 1.29 is 82.7 Å². The first kappa shape index (κ1) is 78.5. The van der Waals surface area contributed by atoms with E-state index in [4.69, 9.17) is 0 Å². The van der Waals surface area contributed by atoms with Crippen LogP contribution in [0.3, 0.4) is 0 Å². The summed E-state index contributed by atoms with van der Waals surface area (Å²) in [6, 6.07) is 16.5. The lowest BCUT2D eigenvalue weighted by Crippen LogP contribution is -2.55. The van der Waals surface area contributed by atoms with Gasteiger partial charge in [0.05, 0.1) is 49.0 Å². The summed E-state index contributed by atoms with van der Waals surface area (Å²) in [6.45, 7) is 10.9. The molecule has 8 aliphatic heterocycles. The zero-order chi connectivity index (χ0) is 79.6. The summed E-state index contributed by atoms with van der Waals surface area (Å²) in [7, 11) is -7.65. The van der Waals surface area contributed by atoms with E-state index in [0.29, 0.717) is 115 Å². The highest BCUT2D eigenvalue weighted by Crippen LogP contribution is 2.38. The Morgan fingerprint density at radius 2 is 1.02 bits per heavy atom. The van der Waals surface area contributed by atoms with E-state index < -0.39 is 120 Å². The number of benzene rings is 4. The summed E-state index contributed by atoms with van der Waals surface area (Å²) in [5, 5.41) is 17.7. The monoisotopic (exact) mass is 1590 g/mol. The Balaban J connectivity index is 0.000000191. The Morgan fingerprint density at radius 1 is 0.580 bits per heavy atom. The minimum absolute atomic E-state index is 0.00249. The third-order valence-corrected chi connectivity index (χ3v) is 26.3. The van der Waals surface area contributed by atoms with Crippen molar-refractivity contribution in [1.29, 1.82) is 0 Å². The lowest BCUT2D eigenvalue weighted by molar-refractivity contribution is -0.137. The second kappa shape index (κ2) is 31.4. The zero-order valence-corrected chi connectivity index (χ0v) is 63.4. The summed E-state index contributed by atoms with van der Waals surface area (Å²) in [6.07, 6.45) is 2.38. The first-order valence-electron chi connectivity index (χ1n) is 37.5. The van der Waals surface area contributed by atoms with E-state index in [2.05, 4.69) is 35.7 Å². The average Bonchev–Trinajstić information content (AvgIpc) is 1.49. The lowest BCUT2D eigenvalue weighted by atomic mass is 9.98. The Hall–Kier alpha value is -10.1. The van der Waals surface area contributed by atoms with E-state index >= 15 is 8.78 Å². The van der Waals surface area contributed by atoms with Crippen molar-refractivity contribution in [3.63, 3.8) is 0 Å². The molecule has 6 saturated heterocycles. The fourth-order valence-corrected chi connectivity index (χ4v) is 19.9. The fraction of sp³-hybridized carbons (Fsp3) is 0.474. The van der Waals surface area contributed by atoms with Gasteiger partial charge >= 0.3 is 6.09 Å². The van der Waals surface area contributed by atoms with Crippen LogP contribution in [0.5, 0.6) is 0 Å². The van der Waals surface area contributed by atoms with Gasteiger partial charge in [-0.1, -0.05) is 37.1 Å². The molecular weight excluding hydrogens is 1500 g/mol. The number of imide groups is 4. The normalized spacial score (nSPS) is 21.2. The number of nitrogens with zero attached hydrogens (tertiary/aromatic N) is 12. The van der Waals surface area contributed by atoms with Gasteiger partial charge in [-0.25, -0.2) is 44.2 Å². The standard InChI is InChI=1S/C42H44F3N9O7S.C34H41FN6O8S/c43-32-20-29-30(40(58)54(39(29)57)33-8-9-35(55)48-38(33)56)21-34(32)51-16-14-50(15-17-51)23-24-4-3-7-28(18-24)62(60,61)52-12-10-26(11-13-52)47-42-46-22-25-19-31(36(44)45)41(59)53(37(25)49-42)27-5-1-2-6-27;1-34(2,3)41(33(46)47)22-9-11-39(12-10-22)50(48,49)23-6-4-5-21(17-23)20-37-13-15-38(16-14-37)28-19-25-24(18-26(28)35)31(44)40(32(25)45)27-7-8-29(42)36-30(27)43/h3-4,7,18-22,26-27,33,36H,1-2,5-6,8-17,23H2,(H,46,47,49)(H,48,55,56);4-6,17-19,22,27H,7-16,20H2,1-3H3,(H,46,47)(H,36,42,43). The third-order valence-electron chi connectivity index (χ3n) is 22.6. The first-order valence-corrected chi connectivity index (χ1v) is 40.4. The number of carboxylic acid groups (broad SMARTS) is 1. The van der Waals surface area contributed by atoms with Gasteiger partial charge in [-0.2, -0.15) is 13.6 Å². The van der Waals surface area contributed by atoms with Crippen LogP contribution in [0.1, 0.15) is 168 Å². The van der Waals surface area contributed by atoms with Gasteiger partial charge < -0.3 is 25.1 Å². The van der Waals surface area contributed by atoms with Crippen LogP contribution in [0.2, 0.25) is 0 Å². The maximum Gasteiger partial charge on any atom is 0.407 e. The molecule has 4 aromatic carbocycles. The van der Waals surface area contributed by atoms with E-state index in [0.717, 1.165) is 52.0 Å². The van der Waals surface area contributed by atoms with Crippen LogP contribution < -0.4 is 31.3 Å². The Kier molecular flexibility index (Phi) is 22.0.